The van der Waals surface area contributed by atoms with Gasteiger partial charge in [-0.3, -0.25) is 9.48 Å². The average molecular weight is 344 g/mol. The van der Waals surface area contributed by atoms with Gasteiger partial charge in [-0.25, -0.2) is 13.2 Å². The first-order valence-corrected chi connectivity index (χ1v) is 8.96. The highest BCUT2D eigenvalue weighted by molar-refractivity contribution is 7.89. The summed E-state index contributed by atoms with van der Waals surface area (Å²) in [4.78, 5) is 24.5. The number of aromatic nitrogens is 2. The number of sulfonamides is 1. The summed E-state index contributed by atoms with van der Waals surface area (Å²) in [7, 11) is -3.21. The molecule has 0 radical (unpaired) electrons. The van der Waals surface area contributed by atoms with Crippen LogP contribution in [0.1, 0.15) is 23.8 Å². The number of amides is 1. The van der Waals surface area contributed by atoms with E-state index >= 15 is 0 Å². The van der Waals surface area contributed by atoms with Gasteiger partial charge in [0.1, 0.15) is 0 Å². The Labute approximate surface area is 134 Å². The second-order valence-electron chi connectivity index (χ2n) is 5.20. The van der Waals surface area contributed by atoms with E-state index < -0.39 is 16.0 Å². The number of aryl methyl sites for hydroxylation is 1. The zero-order valence-corrected chi connectivity index (χ0v) is 13.7. The lowest BCUT2D eigenvalue weighted by molar-refractivity contribution is -0.132. The predicted octanol–water partition coefficient (Wildman–Crippen LogP) is -0.535. The van der Waals surface area contributed by atoms with Crippen LogP contribution in [0.4, 0.5) is 0 Å². The molecule has 0 aromatic carbocycles. The predicted molar refractivity (Wildman–Crippen MR) is 81.4 cm³/mol. The number of nitrogens with zero attached hydrogens (tertiary/aromatic N) is 4. The van der Waals surface area contributed by atoms with Gasteiger partial charge in [-0.2, -0.15) is 9.40 Å². The highest BCUT2D eigenvalue weighted by atomic mass is 32.2. The molecule has 2 heterocycles. The van der Waals surface area contributed by atoms with Gasteiger partial charge in [-0.1, -0.05) is 0 Å². The molecule has 0 unspecified atom stereocenters. The monoisotopic (exact) mass is 344 g/mol. The molecule has 0 saturated carbocycles. The van der Waals surface area contributed by atoms with Crippen LogP contribution in [0, 0.1) is 0 Å². The van der Waals surface area contributed by atoms with E-state index in [4.69, 9.17) is 5.11 Å². The quantitative estimate of drug-likeness (QED) is 0.742. The van der Waals surface area contributed by atoms with Crippen molar-refractivity contribution in [3.05, 3.63) is 18.0 Å². The third-order valence-corrected chi connectivity index (χ3v) is 5.65. The maximum absolute atomic E-state index is 12.1. The van der Waals surface area contributed by atoms with Crippen LogP contribution in [0.3, 0.4) is 0 Å². The molecule has 128 valence electrons. The fourth-order valence-electron chi connectivity index (χ4n) is 2.37. The van der Waals surface area contributed by atoms with E-state index in [-0.39, 0.29) is 23.8 Å². The van der Waals surface area contributed by atoms with Crippen LogP contribution < -0.4 is 0 Å². The lowest BCUT2D eigenvalue weighted by atomic mass is 10.3. The SMILES string of the molecule is CCS(=O)(=O)N1CCN(C(=O)CCn2ccc(C(=O)O)n2)CC1. The van der Waals surface area contributed by atoms with Gasteiger partial charge < -0.3 is 10.0 Å². The minimum atomic E-state index is -3.21. The van der Waals surface area contributed by atoms with Gasteiger partial charge >= 0.3 is 5.97 Å². The molecule has 9 nitrogen and oxygen atoms in total. The molecule has 0 aliphatic carbocycles. The largest absolute Gasteiger partial charge is 0.476 e. The minimum Gasteiger partial charge on any atom is -0.476 e. The number of carboxylic acid groups (broad SMARTS) is 1. The van der Waals surface area contributed by atoms with Crippen LogP contribution in [0.25, 0.3) is 0 Å². The number of carbonyl (C=O) groups is 2. The minimum absolute atomic E-state index is 0.0594. The third-order valence-electron chi connectivity index (χ3n) is 3.76. The molecule has 10 heteroatoms. The summed E-state index contributed by atoms with van der Waals surface area (Å²) in [5.74, 6) is -1.14. The van der Waals surface area contributed by atoms with Crippen LogP contribution in [-0.2, 0) is 21.4 Å². The Balaban J connectivity index is 1.82. The Bertz CT molecular complexity index is 676. The Morgan fingerprint density at radius 3 is 2.43 bits per heavy atom. The summed E-state index contributed by atoms with van der Waals surface area (Å²) in [5, 5.41) is 12.6. The summed E-state index contributed by atoms with van der Waals surface area (Å²) in [6, 6.07) is 1.38. The summed E-state index contributed by atoms with van der Waals surface area (Å²) < 4.78 is 26.3. The molecule has 0 bridgehead atoms. The summed E-state index contributed by atoms with van der Waals surface area (Å²) >= 11 is 0. The molecule has 1 amide bonds. The Morgan fingerprint density at radius 2 is 1.91 bits per heavy atom. The number of hydrogen-bond donors (Lipinski definition) is 1. The smallest absolute Gasteiger partial charge is 0.356 e. The Kier molecular flexibility index (Phi) is 5.37. The summed E-state index contributed by atoms with van der Waals surface area (Å²) in [6.07, 6.45) is 1.71. The lowest BCUT2D eigenvalue weighted by Crippen LogP contribution is -2.51. The van der Waals surface area contributed by atoms with Gasteiger partial charge in [0.05, 0.1) is 5.75 Å². The van der Waals surface area contributed by atoms with Crippen LogP contribution in [0.2, 0.25) is 0 Å². The van der Waals surface area contributed by atoms with E-state index in [2.05, 4.69) is 5.10 Å². The number of carbonyl (C=O) groups excluding carboxylic acids is 1. The summed E-state index contributed by atoms with van der Waals surface area (Å²) in [5.41, 5.74) is -0.0594. The molecular weight excluding hydrogens is 324 g/mol. The number of aromatic carboxylic acids is 1. The highest BCUT2D eigenvalue weighted by Gasteiger charge is 2.27. The van der Waals surface area contributed by atoms with E-state index in [9.17, 15) is 18.0 Å². The van der Waals surface area contributed by atoms with E-state index in [0.717, 1.165) is 0 Å². The summed E-state index contributed by atoms with van der Waals surface area (Å²) in [6.45, 7) is 3.26. The van der Waals surface area contributed by atoms with Gasteiger partial charge in [0.2, 0.25) is 15.9 Å². The van der Waals surface area contributed by atoms with Crippen molar-refractivity contribution >= 4 is 21.9 Å². The number of hydrogen-bond acceptors (Lipinski definition) is 5. The molecule has 1 fully saturated rings. The van der Waals surface area contributed by atoms with Gasteiger partial charge in [0.25, 0.3) is 0 Å². The van der Waals surface area contributed by atoms with Gasteiger partial charge in [-0.05, 0) is 13.0 Å². The molecule has 1 aromatic rings. The number of rotatable bonds is 6. The first kappa shape index (κ1) is 17.4. The third kappa shape index (κ3) is 4.29. The number of carboxylic acids is 1. The van der Waals surface area contributed by atoms with Crippen molar-refractivity contribution in [3.8, 4) is 0 Å². The Morgan fingerprint density at radius 1 is 1.26 bits per heavy atom. The van der Waals surface area contributed by atoms with Crippen LogP contribution >= 0.6 is 0 Å². The van der Waals surface area contributed by atoms with Crippen molar-refractivity contribution in [2.75, 3.05) is 31.9 Å². The fraction of sp³-hybridized carbons (Fsp3) is 0.615. The second-order valence-corrected chi connectivity index (χ2v) is 7.46. The van der Waals surface area contributed by atoms with Crippen LogP contribution in [0.5, 0.6) is 0 Å². The molecule has 1 aliphatic heterocycles. The molecule has 1 aliphatic rings. The zero-order valence-electron chi connectivity index (χ0n) is 12.9. The van der Waals surface area contributed by atoms with Gasteiger partial charge in [0.15, 0.2) is 5.69 Å². The normalized spacial score (nSPS) is 16.5. The van der Waals surface area contributed by atoms with E-state index in [1.165, 1.54) is 21.3 Å². The molecule has 0 atom stereocenters. The number of piperazine rings is 1. The first-order chi connectivity index (χ1) is 10.8. The molecular formula is C13H20N4O5S. The fourth-order valence-corrected chi connectivity index (χ4v) is 3.45. The molecule has 1 saturated heterocycles. The standard InChI is InChI=1S/C13H20N4O5S/c1-2-23(21,22)17-9-7-15(8-10-17)12(18)4-6-16-5-3-11(14-16)13(19)20/h3,5H,2,4,6-10H2,1H3,(H,19,20). The lowest BCUT2D eigenvalue weighted by Gasteiger charge is -2.33. The van der Waals surface area contributed by atoms with E-state index in [0.29, 0.717) is 32.7 Å². The zero-order chi connectivity index (χ0) is 17.0. The molecule has 23 heavy (non-hydrogen) atoms. The van der Waals surface area contributed by atoms with Crippen LogP contribution in [0.15, 0.2) is 12.3 Å². The van der Waals surface area contributed by atoms with Gasteiger partial charge in [0, 0.05) is 45.3 Å². The van der Waals surface area contributed by atoms with Crippen molar-refractivity contribution < 1.29 is 23.1 Å². The van der Waals surface area contributed by atoms with E-state index in [1.807, 2.05) is 0 Å². The molecule has 1 aromatic heterocycles. The molecule has 2 rings (SSSR count). The van der Waals surface area contributed by atoms with Crippen molar-refractivity contribution in [2.45, 2.75) is 19.9 Å². The van der Waals surface area contributed by atoms with Crippen molar-refractivity contribution in [2.24, 2.45) is 0 Å². The second kappa shape index (κ2) is 7.09. The molecule has 0 spiro atoms. The molecule has 1 N–H and O–H groups in total. The average Bonchev–Trinajstić information content (AvgIpc) is 3.02. The topological polar surface area (TPSA) is 113 Å². The van der Waals surface area contributed by atoms with E-state index in [1.54, 1.807) is 11.8 Å². The maximum atomic E-state index is 12.1. The van der Waals surface area contributed by atoms with Crippen molar-refractivity contribution in [1.82, 2.24) is 19.0 Å². The van der Waals surface area contributed by atoms with Crippen LogP contribution in [-0.4, -0.2) is 76.3 Å². The first-order valence-electron chi connectivity index (χ1n) is 7.36. The van der Waals surface area contributed by atoms with Crippen molar-refractivity contribution in [3.63, 3.8) is 0 Å². The van der Waals surface area contributed by atoms with Gasteiger partial charge in [-0.15, -0.1) is 0 Å². The van der Waals surface area contributed by atoms with Crippen molar-refractivity contribution in [1.29, 1.82) is 0 Å². The highest BCUT2D eigenvalue weighted by Crippen LogP contribution is 2.09. The maximum Gasteiger partial charge on any atom is 0.356 e. The Hall–Kier alpha value is -1.94.